The number of carbonyl (C=O) groups is 2. The number of nitrogens with one attached hydrogen (secondary N) is 2. The van der Waals surface area contributed by atoms with Crippen molar-refractivity contribution in [2.75, 3.05) is 20.3 Å². The van der Waals surface area contributed by atoms with Gasteiger partial charge in [-0.3, -0.25) is 9.59 Å². The summed E-state index contributed by atoms with van der Waals surface area (Å²) < 4.78 is 4.74. The fourth-order valence-electron chi connectivity index (χ4n) is 1.33. The first-order valence-corrected chi connectivity index (χ1v) is 5.60. The van der Waals surface area contributed by atoms with E-state index < -0.39 is 12.1 Å². The van der Waals surface area contributed by atoms with Gasteiger partial charge in [-0.05, 0) is 5.92 Å². The SMILES string of the molecule is COCC(O)CNC(=O)C(NC(C)=O)C(C)C. The van der Waals surface area contributed by atoms with Crippen LogP contribution in [-0.2, 0) is 14.3 Å². The van der Waals surface area contributed by atoms with E-state index in [0.29, 0.717) is 0 Å². The largest absolute Gasteiger partial charge is 0.389 e. The van der Waals surface area contributed by atoms with Gasteiger partial charge in [0.2, 0.25) is 11.8 Å². The fourth-order valence-corrected chi connectivity index (χ4v) is 1.33. The van der Waals surface area contributed by atoms with Gasteiger partial charge in [-0.1, -0.05) is 13.8 Å². The van der Waals surface area contributed by atoms with Crippen LogP contribution >= 0.6 is 0 Å². The molecule has 0 radical (unpaired) electrons. The molecule has 0 aliphatic rings. The summed E-state index contributed by atoms with van der Waals surface area (Å²) in [6, 6.07) is -0.581. The first kappa shape index (κ1) is 15.9. The number of aliphatic hydroxyl groups excluding tert-OH is 1. The molecule has 0 heterocycles. The molecule has 100 valence electrons. The Hall–Kier alpha value is -1.14. The minimum Gasteiger partial charge on any atom is -0.389 e. The number of amides is 2. The second kappa shape index (κ2) is 8.03. The van der Waals surface area contributed by atoms with E-state index in [0.717, 1.165) is 0 Å². The van der Waals surface area contributed by atoms with Crippen molar-refractivity contribution < 1.29 is 19.4 Å². The van der Waals surface area contributed by atoms with Gasteiger partial charge in [-0.15, -0.1) is 0 Å². The molecule has 6 heteroatoms. The van der Waals surface area contributed by atoms with E-state index in [2.05, 4.69) is 10.6 Å². The number of carbonyl (C=O) groups excluding carboxylic acids is 2. The summed E-state index contributed by atoms with van der Waals surface area (Å²) in [6.07, 6.45) is -0.742. The number of ether oxygens (including phenoxy) is 1. The zero-order valence-electron chi connectivity index (χ0n) is 10.8. The van der Waals surface area contributed by atoms with Crippen LogP contribution in [0.3, 0.4) is 0 Å². The molecule has 2 amide bonds. The highest BCUT2D eigenvalue weighted by atomic mass is 16.5. The molecular formula is C11H22N2O4. The van der Waals surface area contributed by atoms with Gasteiger partial charge in [0.25, 0.3) is 0 Å². The quantitative estimate of drug-likeness (QED) is 0.552. The number of aliphatic hydroxyl groups is 1. The van der Waals surface area contributed by atoms with Crippen molar-refractivity contribution in [3.05, 3.63) is 0 Å². The summed E-state index contributed by atoms with van der Waals surface area (Å²) >= 11 is 0. The zero-order chi connectivity index (χ0) is 13.4. The maximum atomic E-state index is 11.8. The van der Waals surface area contributed by atoms with E-state index in [1.165, 1.54) is 14.0 Å². The van der Waals surface area contributed by atoms with Crippen molar-refractivity contribution in [1.82, 2.24) is 10.6 Å². The van der Waals surface area contributed by atoms with Crippen molar-refractivity contribution >= 4 is 11.8 Å². The van der Waals surface area contributed by atoms with Crippen LogP contribution in [0.2, 0.25) is 0 Å². The van der Waals surface area contributed by atoms with Gasteiger partial charge in [0.1, 0.15) is 6.04 Å². The molecule has 0 fully saturated rings. The number of rotatable bonds is 7. The van der Waals surface area contributed by atoms with Crippen molar-refractivity contribution in [3.63, 3.8) is 0 Å². The second-order valence-corrected chi connectivity index (χ2v) is 4.28. The normalized spacial score (nSPS) is 14.2. The first-order chi connectivity index (χ1) is 7.88. The van der Waals surface area contributed by atoms with E-state index >= 15 is 0 Å². The predicted molar refractivity (Wildman–Crippen MR) is 63.3 cm³/mol. The van der Waals surface area contributed by atoms with Crippen molar-refractivity contribution in [1.29, 1.82) is 0 Å². The monoisotopic (exact) mass is 246 g/mol. The maximum Gasteiger partial charge on any atom is 0.242 e. The van der Waals surface area contributed by atoms with E-state index in [1.54, 1.807) is 0 Å². The van der Waals surface area contributed by atoms with Gasteiger partial charge in [-0.2, -0.15) is 0 Å². The Morgan fingerprint density at radius 2 is 1.94 bits per heavy atom. The molecule has 6 nitrogen and oxygen atoms in total. The van der Waals surface area contributed by atoms with Crippen LogP contribution < -0.4 is 10.6 Å². The van der Waals surface area contributed by atoms with Crippen LogP contribution in [0, 0.1) is 5.92 Å². The summed E-state index contributed by atoms with van der Waals surface area (Å²) in [5.41, 5.74) is 0. The van der Waals surface area contributed by atoms with E-state index in [1.807, 2.05) is 13.8 Å². The Bertz CT molecular complexity index is 256. The highest BCUT2D eigenvalue weighted by Crippen LogP contribution is 2.01. The molecule has 3 N–H and O–H groups in total. The lowest BCUT2D eigenvalue weighted by Gasteiger charge is -2.21. The Morgan fingerprint density at radius 1 is 1.35 bits per heavy atom. The molecule has 0 aliphatic heterocycles. The third-order valence-electron chi connectivity index (χ3n) is 2.18. The lowest BCUT2D eigenvalue weighted by Crippen LogP contribution is -2.50. The van der Waals surface area contributed by atoms with E-state index in [9.17, 15) is 14.7 Å². The third kappa shape index (κ3) is 6.91. The van der Waals surface area contributed by atoms with Gasteiger partial charge in [0, 0.05) is 20.6 Å². The van der Waals surface area contributed by atoms with Crippen LogP contribution in [0.25, 0.3) is 0 Å². The van der Waals surface area contributed by atoms with Crippen molar-refractivity contribution in [3.8, 4) is 0 Å². The average Bonchev–Trinajstić information content (AvgIpc) is 2.22. The molecule has 0 aromatic carbocycles. The molecule has 0 aromatic rings. The lowest BCUT2D eigenvalue weighted by atomic mass is 10.0. The van der Waals surface area contributed by atoms with E-state index in [-0.39, 0.29) is 30.9 Å². The number of hydrogen-bond acceptors (Lipinski definition) is 4. The van der Waals surface area contributed by atoms with Crippen LogP contribution in [-0.4, -0.2) is 49.3 Å². The first-order valence-electron chi connectivity index (χ1n) is 5.60. The molecule has 2 atom stereocenters. The summed E-state index contributed by atoms with van der Waals surface area (Å²) in [5.74, 6) is -0.569. The standard InChI is InChI=1S/C11H22N2O4/c1-7(2)10(13-8(3)14)11(16)12-5-9(15)6-17-4/h7,9-10,15H,5-6H2,1-4H3,(H,12,16)(H,13,14). The Kier molecular flexibility index (Phi) is 7.49. The smallest absolute Gasteiger partial charge is 0.242 e. The summed E-state index contributed by atoms with van der Waals surface area (Å²) in [4.78, 5) is 22.7. The average molecular weight is 246 g/mol. The highest BCUT2D eigenvalue weighted by molar-refractivity contribution is 5.87. The molecule has 0 saturated carbocycles. The van der Waals surface area contributed by atoms with Gasteiger partial charge in [0.15, 0.2) is 0 Å². The topological polar surface area (TPSA) is 87.7 Å². The highest BCUT2D eigenvalue weighted by Gasteiger charge is 2.23. The van der Waals surface area contributed by atoms with Crippen molar-refractivity contribution in [2.24, 2.45) is 5.92 Å². The van der Waals surface area contributed by atoms with Crippen LogP contribution in [0.1, 0.15) is 20.8 Å². The Labute approximate surface area is 102 Å². The minimum atomic E-state index is -0.742. The molecule has 2 unspecified atom stereocenters. The summed E-state index contributed by atoms with van der Waals surface area (Å²) in [7, 11) is 1.47. The van der Waals surface area contributed by atoms with Crippen LogP contribution in [0.15, 0.2) is 0 Å². The second-order valence-electron chi connectivity index (χ2n) is 4.28. The molecule has 0 rings (SSSR count). The Balaban J connectivity index is 4.19. The van der Waals surface area contributed by atoms with Gasteiger partial charge in [0.05, 0.1) is 12.7 Å². The van der Waals surface area contributed by atoms with Gasteiger partial charge in [-0.25, -0.2) is 0 Å². The molecule has 17 heavy (non-hydrogen) atoms. The predicted octanol–water partition coefficient (Wildman–Crippen LogP) is -0.729. The number of methoxy groups -OCH3 is 1. The van der Waals surface area contributed by atoms with E-state index in [4.69, 9.17) is 4.74 Å². The molecule has 0 aliphatic carbocycles. The molecule has 0 saturated heterocycles. The maximum absolute atomic E-state index is 11.8. The zero-order valence-corrected chi connectivity index (χ0v) is 10.8. The minimum absolute atomic E-state index is 0.0153. The van der Waals surface area contributed by atoms with Gasteiger partial charge < -0.3 is 20.5 Å². The molecule has 0 bridgehead atoms. The molecule has 0 aromatic heterocycles. The van der Waals surface area contributed by atoms with Gasteiger partial charge >= 0.3 is 0 Å². The number of hydrogen-bond donors (Lipinski definition) is 3. The van der Waals surface area contributed by atoms with Crippen LogP contribution in [0.5, 0.6) is 0 Å². The van der Waals surface area contributed by atoms with Crippen LogP contribution in [0.4, 0.5) is 0 Å². The fraction of sp³-hybridized carbons (Fsp3) is 0.818. The molecular weight excluding hydrogens is 224 g/mol. The Morgan fingerprint density at radius 3 is 2.35 bits per heavy atom. The summed E-state index contributed by atoms with van der Waals surface area (Å²) in [5, 5.41) is 14.5. The molecule has 0 spiro atoms. The lowest BCUT2D eigenvalue weighted by molar-refractivity contribution is -0.129. The third-order valence-corrected chi connectivity index (χ3v) is 2.18. The summed E-state index contributed by atoms with van der Waals surface area (Å²) in [6.45, 7) is 5.31. The van der Waals surface area contributed by atoms with Crippen molar-refractivity contribution in [2.45, 2.75) is 32.9 Å².